The molecule has 0 aromatic carbocycles. The Bertz CT molecular complexity index is 701. The van der Waals surface area contributed by atoms with Gasteiger partial charge in [-0.1, -0.05) is 179 Å². The third-order valence-corrected chi connectivity index (χ3v) is 8.73. The Morgan fingerprint density at radius 3 is 1.37 bits per heavy atom. The van der Waals surface area contributed by atoms with Gasteiger partial charge < -0.3 is 14.6 Å². The average molecular weight is 649 g/mol. The van der Waals surface area contributed by atoms with Gasteiger partial charge in [0.1, 0.15) is 6.61 Å². The van der Waals surface area contributed by atoms with Crippen molar-refractivity contribution in [3.8, 4) is 0 Å². The predicted molar refractivity (Wildman–Crippen MR) is 196 cm³/mol. The van der Waals surface area contributed by atoms with Gasteiger partial charge in [0.15, 0.2) is 6.10 Å². The molecule has 0 fully saturated rings. The normalized spacial score (nSPS) is 12.3. The van der Waals surface area contributed by atoms with E-state index in [1.54, 1.807) is 0 Å². The number of unbranched alkanes of at least 4 members (excludes halogenated alkanes) is 24. The highest BCUT2D eigenvalue weighted by molar-refractivity contribution is 5.70. The fourth-order valence-electron chi connectivity index (χ4n) is 5.71. The van der Waals surface area contributed by atoms with E-state index >= 15 is 0 Å². The van der Waals surface area contributed by atoms with Crippen molar-refractivity contribution < 1.29 is 24.2 Å². The lowest BCUT2D eigenvalue weighted by molar-refractivity contribution is -0.161. The maximum atomic E-state index is 12.1. The largest absolute Gasteiger partial charge is 0.462 e. The second-order valence-electron chi connectivity index (χ2n) is 13.4. The number of hydrogen-bond donors (Lipinski definition) is 1. The van der Waals surface area contributed by atoms with Gasteiger partial charge in [0, 0.05) is 12.8 Å². The zero-order valence-corrected chi connectivity index (χ0v) is 30.6. The van der Waals surface area contributed by atoms with Crippen LogP contribution in [-0.4, -0.2) is 36.4 Å². The first-order valence-corrected chi connectivity index (χ1v) is 19.9. The first kappa shape index (κ1) is 44.4. The summed E-state index contributed by atoms with van der Waals surface area (Å²) in [6.07, 6.45) is 43.8. The smallest absolute Gasteiger partial charge is 0.306 e. The van der Waals surface area contributed by atoms with E-state index in [0.717, 1.165) is 57.8 Å². The topological polar surface area (TPSA) is 72.8 Å². The number of carbonyl (C=O) groups excluding carboxylic acids is 2. The van der Waals surface area contributed by atoms with E-state index < -0.39 is 6.10 Å². The molecule has 0 saturated heterocycles. The SMILES string of the molecule is CCC/C=C\C/C=C\CCCCCCCC(=O)OC(CO)COC(=O)CCCCCCCCCCCCCCCCCCCCC. The van der Waals surface area contributed by atoms with Gasteiger partial charge in [-0.25, -0.2) is 0 Å². The lowest BCUT2D eigenvalue weighted by Gasteiger charge is -2.15. The number of aliphatic hydroxyl groups is 1. The van der Waals surface area contributed by atoms with Crippen LogP contribution in [0.4, 0.5) is 0 Å². The van der Waals surface area contributed by atoms with E-state index in [9.17, 15) is 14.7 Å². The van der Waals surface area contributed by atoms with E-state index in [1.807, 2.05) is 0 Å². The molecule has 0 aromatic rings. The van der Waals surface area contributed by atoms with Gasteiger partial charge >= 0.3 is 11.9 Å². The zero-order valence-electron chi connectivity index (χ0n) is 30.6. The molecule has 5 heteroatoms. The molecule has 5 nitrogen and oxygen atoms in total. The van der Waals surface area contributed by atoms with Crippen LogP contribution in [0.1, 0.15) is 206 Å². The molecule has 0 aliphatic carbocycles. The quantitative estimate of drug-likeness (QED) is 0.0416. The highest BCUT2D eigenvalue weighted by Crippen LogP contribution is 2.15. The Morgan fingerprint density at radius 2 is 0.913 bits per heavy atom. The van der Waals surface area contributed by atoms with Crippen LogP contribution in [0, 0.1) is 0 Å². The van der Waals surface area contributed by atoms with Crippen LogP contribution in [0.15, 0.2) is 24.3 Å². The van der Waals surface area contributed by atoms with Crippen LogP contribution in [0.25, 0.3) is 0 Å². The van der Waals surface area contributed by atoms with Crippen LogP contribution in [0.5, 0.6) is 0 Å². The van der Waals surface area contributed by atoms with Gasteiger partial charge in [-0.2, -0.15) is 0 Å². The number of allylic oxidation sites excluding steroid dienone is 4. The number of ether oxygens (including phenoxy) is 2. The summed E-state index contributed by atoms with van der Waals surface area (Å²) in [7, 11) is 0. The summed E-state index contributed by atoms with van der Waals surface area (Å²) in [5.74, 6) is -0.600. The summed E-state index contributed by atoms with van der Waals surface area (Å²) in [5, 5.41) is 9.54. The lowest BCUT2D eigenvalue weighted by atomic mass is 10.0. The standard InChI is InChI=1S/C41H76O5/c1-3-5-7-9-11-13-15-17-18-19-20-21-22-24-25-27-29-31-33-35-40(43)45-38-39(37-42)46-41(44)36-34-32-30-28-26-23-16-14-12-10-8-6-4-2/h8,10,14,16,39,42H,3-7,9,11-13,15,17-38H2,1-2H3/b10-8-,16-14-. The Hall–Kier alpha value is -1.62. The molecule has 0 aliphatic rings. The minimum Gasteiger partial charge on any atom is -0.462 e. The molecule has 0 bridgehead atoms. The summed E-state index contributed by atoms with van der Waals surface area (Å²) >= 11 is 0. The highest BCUT2D eigenvalue weighted by atomic mass is 16.6. The third kappa shape index (κ3) is 35.2. The fraction of sp³-hybridized carbons (Fsp3) is 0.854. The minimum atomic E-state index is -0.773. The Balaban J connectivity index is 3.51. The molecule has 46 heavy (non-hydrogen) atoms. The summed E-state index contributed by atoms with van der Waals surface area (Å²) in [5.41, 5.74) is 0. The van der Waals surface area contributed by atoms with Gasteiger partial charge in [0.05, 0.1) is 6.61 Å². The molecule has 0 rings (SSSR count). The van der Waals surface area contributed by atoms with Crippen LogP contribution in [-0.2, 0) is 19.1 Å². The number of esters is 2. The molecule has 0 aliphatic heterocycles. The summed E-state index contributed by atoms with van der Waals surface area (Å²) in [6, 6.07) is 0. The molecule has 270 valence electrons. The second kappa shape index (κ2) is 37.8. The summed E-state index contributed by atoms with van der Waals surface area (Å²) in [4.78, 5) is 24.2. The molecule has 0 radical (unpaired) electrons. The molecule has 0 aromatic heterocycles. The van der Waals surface area contributed by atoms with Gasteiger partial charge in [-0.05, 0) is 38.5 Å². The van der Waals surface area contributed by atoms with Crippen molar-refractivity contribution in [1.29, 1.82) is 0 Å². The first-order chi connectivity index (χ1) is 22.6. The van der Waals surface area contributed by atoms with Crippen LogP contribution in [0.3, 0.4) is 0 Å². The molecule has 0 saturated carbocycles. The Labute approximate surface area is 285 Å². The van der Waals surface area contributed by atoms with Crippen molar-refractivity contribution in [2.45, 2.75) is 213 Å². The molecular formula is C41H76O5. The van der Waals surface area contributed by atoms with Crippen LogP contribution in [0.2, 0.25) is 0 Å². The van der Waals surface area contributed by atoms with E-state index in [0.29, 0.717) is 12.8 Å². The van der Waals surface area contributed by atoms with Gasteiger partial charge in [0.2, 0.25) is 0 Å². The van der Waals surface area contributed by atoms with Crippen molar-refractivity contribution >= 4 is 11.9 Å². The van der Waals surface area contributed by atoms with Crippen molar-refractivity contribution in [3.63, 3.8) is 0 Å². The summed E-state index contributed by atoms with van der Waals surface area (Å²) in [6.45, 7) is 4.07. The number of rotatable bonds is 36. The number of carbonyl (C=O) groups is 2. The third-order valence-electron chi connectivity index (χ3n) is 8.73. The molecule has 1 atom stereocenters. The maximum Gasteiger partial charge on any atom is 0.306 e. The summed E-state index contributed by atoms with van der Waals surface area (Å²) < 4.78 is 10.6. The minimum absolute atomic E-state index is 0.0673. The average Bonchev–Trinajstić information content (AvgIpc) is 3.06. The van der Waals surface area contributed by atoms with Crippen molar-refractivity contribution in [1.82, 2.24) is 0 Å². The highest BCUT2D eigenvalue weighted by Gasteiger charge is 2.16. The number of aliphatic hydroxyl groups excluding tert-OH is 1. The van der Waals surface area contributed by atoms with Crippen molar-refractivity contribution in [2.75, 3.05) is 13.2 Å². The van der Waals surface area contributed by atoms with Crippen molar-refractivity contribution in [3.05, 3.63) is 24.3 Å². The molecule has 1 unspecified atom stereocenters. The van der Waals surface area contributed by atoms with E-state index in [4.69, 9.17) is 9.47 Å². The van der Waals surface area contributed by atoms with E-state index in [1.165, 1.54) is 122 Å². The predicted octanol–water partition coefficient (Wildman–Crippen LogP) is 12.3. The first-order valence-electron chi connectivity index (χ1n) is 19.9. The molecular weight excluding hydrogens is 572 g/mol. The van der Waals surface area contributed by atoms with Gasteiger partial charge in [-0.15, -0.1) is 0 Å². The zero-order chi connectivity index (χ0) is 33.6. The lowest BCUT2D eigenvalue weighted by Crippen LogP contribution is -2.28. The Morgan fingerprint density at radius 1 is 0.500 bits per heavy atom. The monoisotopic (exact) mass is 649 g/mol. The fourth-order valence-corrected chi connectivity index (χ4v) is 5.71. The Kier molecular flexibility index (Phi) is 36.5. The molecule has 0 amide bonds. The van der Waals surface area contributed by atoms with E-state index in [2.05, 4.69) is 38.2 Å². The molecule has 0 heterocycles. The van der Waals surface area contributed by atoms with Crippen LogP contribution >= 0.6 is 0 Å². The maximum absolute atomic E-state index is 12.1. The van der Waals surface area contributed by atoms with Gasteiger partial charge in [0.25, 0.3) is 0 Å². The second-order valence-corrected chi connectivity index (χ2v) is 13.4. The van der Waals surface area contributed by atoms with E-state index in [-0.39, 0.29) is 25.2 Å². The van der Waals surface area contributed by atoms with Gasteiger partial charge in [-0.3, -0.25) is 9.59 Å². The number of hydrogen-bond acceptors (Lipinski definition) is 5. The van der Waals surface area contributed by atoms with Crippen LogP contribution < -0.4 is 0 Å². The molecule has 0 spiro atoms. The van der Waals surface area contributed by atoms with Crippen molar-refractivity contribution in [2.24, 2.45) is 0 Å². The molecule has 1 N–H and O–H groups in total.